The number of hydrogen-bond acceptors (Lipinski definition) is 6. The molecule has 0 amide bonds. The summed E-state index contributed by atoms with van der Waals surface area (Å²) in [6.07, 6.45) is -0.124. The van der Waals surface area contributed by atoms with E-state index >= 15 is 0 Å². The SMILES string of the molecule is COC(=O)C(O)C(O)c1cnc2cn[nH]c2c1. The van der Waals surface area contributed by atoms with Gasteiger partial charge in [0.15, 0.2) is 6.10 Å². The Morgan fingerprint density at radius 1 is 1.47 bits per heavy atom. The van der Waals surface area contributed by atoms with Crippen molar-refractivity contribution in [3.05, 3.63) is 24.0 Å². The van der Waals surface area contributed by atoms with Crippen molar-refractivity contribution in [3.63, 3.8) is 0 Å². The van der Waals surface area contributed by atoms with Crippen molar-refractivity contribution >= 4 is 17.0 Å². The molecule has 17 heavy (non-hydrogen) atoms. The summed E-state index contributed by atoms with van der Waals surface area (Å²) in [6, 6.07) is 1.56. The minimum atomic E-state index is -1.64. The fraction of sp³-hybridized carbons (Fsp3) is 0.300. The summed E-state index contributed by atoms with van der Waals surface area (Å²) < 4.78 is 4.34. The second-order valence-corrected chi connectivity index (χ2v) is 3.48. The zero-order valence-corrected chi connectivity index (χ0v) is 8.99. The highest BCUT2D eigenvalue weighted by atomic mass is 16.5. The predicted octanol–water partition coefficient (Wildman–Crippen LogP) is -0.475. The minimum absolute atomic E-state index is 0.305. The van der Waals surface area contributed by atoms with Crippen LogP contribution >= 0.6 is 0 Å². The zero-order chi connectivity index (χ0) is 12.4. The van der Waals surface area contributed by atoms with Gasteiger partial charge in [0.25, 0.3) is 0 Å². The van der Waals surface area contributed by atoms with Crippen LogP contribution in [0.4, 0.5) is 0 Å². The maximum absolute atomic E-state index is 11.1. The number of nitrogens with one attached hydrogen (secondary N) is 1. The summed E-state index contributed by atoms with van der Waals surface area (Å²) in [7, 11) is 1.13. The zero-order valence-electron chi connectivity index (χ0n) is 8.99. The highest BCUT2D eigenvalue weighted by Gasteiger charge is 2.26. The molecule has 2 atom stereocenters. The molecule has 3 N–H and O–H groups in total. The van der Waals surface area contributed by atoms with E-state index in [1.807, 2.05) is 0 Å². The highest BCUT2D eigenvalue weighted by Crippen LogP contribution is 2.19. The number of rotatable bonds is 3. The maximum Gasteiger partial charge on any atom is 0.337 e. The summed E-state index contributed by atoms with van der Waals surface area (Å²) >= 11 is 0. The first-order chi connectivity index (χ1) is 8.13. The van der Waals surface area contributed by atoms with Crippen molar-refractivity contribution in [3.8, 4) is 0 Å². The van der Waals surface area contributed by atoms with Crippen molar-refractivity contribution in [2.24, 2.45) is 0 Å². The Morgan fingerprint density at radius 3 is 2.94 bits per heavy atom. The van der Waals surface area contributed by atoms with E-state index in [2.05, 4.69) is 19.9 Å². The number of ether oxygens (including phenoxy) is 1. The normalized spacial score (nSPS) is 14.5. The molecule has 2 unspecified atom stereocenters. The maximum atomic E-state index is 11.1. The summed E-state index contributed by atoms with van der Waals surface area (Å²) in [4.78, 5) is 15.1. The molecule has 2 aromatic heterocycles. The van der Waals surface area contributed by atoms with E-state index < -0.39 is 18.2 Å². The number of H-pyrrole nitrogens is 1. The van der Waals surface area contributed by atoms with Gasteiger partial charge in [-0.2, -0.15) is 5.10 Å². The van der Waals surface area contributed by atoms with E-state index in [4.69, 9.17) is 0 Å². The van der Waals surface area contributed by atoms with Crippen molar-refractivity contribution in [1.82, 2.24) is 15.2 Å². The van der Waals surface area contributed by atoms with E-state index in [1.54, 1.807) is 6.07 Å². The third-order valence-corrected chi connectivity index (χ3v) is 2.39. The van der Waals surface area contributed by atoms with Crippen molar-refractivity contribution in [2.45, 2.75) is 12.2 Å². The Morgan fingerprint density at radius 2 is 2.24 bits per heavy atom. The molecule has 0 fully saturated rings. The first-order valence-corrected chi connectivity index (χ1v) is 4.86. The van der Waals surface area contributed by atoms with Gasteiger partial charge in [-0.15, -0.1) is 0 Å². The van der Waals surface area contributed by atoms with Crippen LogP contribution in [0.3, 0.4) is 0 Å². The third kappa shape index (κ3) is 2.10. The topological polar surface area (TPSA) is 108 Å². The molecule has 0 radical (unpaired) electrons. The largest absolute Gasteiger partial charge is 0.467 e. The van der Waals surface area contributed by atoms with E-state index in [1.165, 1.54) is 12.4 Å². The van der Waals surface area contributed by atoms with Crippen LogP contribution < -0.4 is 0 Å². The number of pyridine rings is 1. The molecule has 0 aliphatic rings. The Balaban J connectivity index is 2.29. The Kier molecular flexibility index (Phi) is 3.03. The lowest BCUT2D eigenvalue weighted by Crippen LogP contribution is -2.29. The number of carbonyl (C=O) groups excluding carboxylic acids is 1. The molecule has 2 heterocycles. The van der Waals surface area contributed by atoms with Crippen LogP contribution in [0.2, 0.25) is 0 Å². The number of aromatic nitrogens is 3. The molecule has 7 heteroatoms. The number of aliphatic hydroxyl groups excluding tert-OH is 2. The van der Waals surface area contributed by atoms with Crippen LogP contribution in [0.5, 0.6) is 0 Å². The summed E-state index contributed by atoms with van der Waals surface area (Å²) in [6.45, 7) is 0. The Labute approximate surface area is 96.1 Å². The second-order valence-electron chi connectivity index (χ2n) is 3.48. The lowest BCUT2D eigenvalue weighted by molar-refractivity contribution is -0.156. The van der Waals surface area contributed by atoms with Gasteiger partial charge in [-0.25, -0.2) is 4.79 Å². The predicted molar refractivity (Wildman–Crippen MR) is 56.9 cm³/mol. The number of aromatic amines is 1. The highest BCUT2D eigenvalue weighted by molar-refractivity contribution is 5.76. The van der Waals surface area contributed by atoms with Gasteiger partial charge in [-0.3, -0.25) is 10.1 Å². The molecule has 0 saturated heterocycles. The number of esters is 1. The molecule has 7 nitrogen and oxygen atoms in total. The summed E-state index contributed by atoms with van der Waals surface area (Å²) in [5.74, 6) is -0.901. The van der Waals surface area contributed by atoms with Gasteiger partial charge in [-0.1, -0.05) is 0 Å². The average molecular weight is 237 g/mol. The standard InChI is InChI=1S/C10H11N3O4/c1-17-10(16)9(15)8(14)5-2-6-7(11-3-5)4-12-13-6/h2-4,8-9,14-15H,1H3,(H,12,13). The van der Waals surface area contributed by atoms with Gasteiger partial charge in [0.05, 0.1) is 18.8 Å². The van der Waals surface area contributed by atoms with Crippen LogP contribution in [-0.4, -0.2) is 44.6 Å². The lowest BCUT2D eigenvalue weighted by atomic mass is 10.1. The number of methoxy groups -OCH3 is 1. The molecule has 0 aliphatic carbocycles. The first kappa shape index (κ1) is 11.5. The molecule has 0 spiro atoms. The van der Waals surface area contributed by atoms with E-state index in [9.17, 15) is 15.0 Å². The van der Waals surface area contributed by atoms with Crippen LogP contribution in [0.15, 0.2) is 18.5 Å². The molecule has 0 aromatic carbocycles. The molecular weight excluding hydrogens is 226 g/mol. The molecule has 0 bridgehead atoms. The summed E-state index contributed by atoms with van der Waals surface area (Å²) in [5, 5.41) is 25.7. The van der Waals surface area contributed by atoms with Gasteiger partial charge < -0.3 is 14.9 Å². The third-order valence-electron chi connectivity index (χ3n) is 2.39. The van der Waals surface area contributed by atoms with Crippen LogP contribution in [0.1, 0.15) is 11.7 Å². The minimum Gasteiger partial charge on any atom is -0.467 e. The fourth-order valence-electron chi connectivity index (χ4n) is 1.44. The van der Waals surface area contributed by atoms with Crippen LogP contribution in [-0.2, 0) is 9.53 Å². The van der Waals surface area contributed by atoms with E-state index in [-0.39, 0.29) is 0 Å². The first-order valence-electron chi connectivity index (χ1n) is 4.86. The lowest BCUT2D eigenvalue weighted by Gasteiger charge is -2.15. The smallest absolute Gasteiger partial charge is 0.337 e. The van der Waals surface area contributed by atoms with Gasteiger partial charge in [0.1, 0.15) is 11.6 Å². The van der Waals surface area contributed by atoms with Crippen molar-refractivity contribution in [1.29, 1.82) is 0 Å². The quantitative estimate of drug-likeness (QED) is 0.622. The van der Waals surface area contributed by atoms with Crippen LogP contribution in [0, 0.1) is 0 Å². The van der Waals surface area contributed by atoms with Gasteiger partial charge in [0.2, 0.25) is 0 Å². The van der Waals surface area contributed by atoms with Gasteiger partial charge in [-0.05, 0) is 6.07 Å². The average Bonchev–Trinajstić information content (AvgIpc) is 2.83. The van der Waals surface area contributed by atoms with Gasteiger partial charge in [0, 0.05) is 11.8 Å². The van der Waals surface area contributed by atoms with Crippen molar-refractivity contribution in [2.75, 3.05) is 7.11 Å². The monoisotopic (exact) mass is 237 g/mol. The van der Waals surface area contributed by atoms with Crippen molar-refractivity contribution < 1.29 is 19.7 Å². The molecule has 90 valence electrons. The summed E-state index contributed by atoms with van der Waals surface area (Å²) in [5.41, 5.74) is 1.55. The van der Waals surface area contributed by atoms with E-state index in [0.29, 0.717) is 16.6 Å². The van der Waals surface area contributed by atoms with Gasteiger partial charge >= 0.3 is 5.97 Å². The number of nitrogens with zero attached hydrogens (tertiary/aromatic N) is 2. The number of aliphatic hydroxyl groups is 2. The fourth-order valence-corrected chi connectivity index (χ4v) is 1.44. The van der Waals surface area contributed by atoms with Crippen LogP contribution in [0.25, 0.3) is 11.0 Å². The second kappa shape index (κ2) is 4.48. The Hall–Kier alpha value is -1.99. The molecule has 2 aromatic rings. The molecule has 2 rings (SSSR count). The van der Waals surface area contributed by atoms with E-state index in [0.717, 1.165) is 7.11 Å². The molecular formula is C10H11N3O4. The molecule has 0 aliphatic heterocycles. The Bertz CT molecular complexity index is 539. The molecule has 0 saturated carbocycles. The number of carbonyl (C=O) groups is 1. The number of fused-ring (bicyclic) bond motifs is 1. The number of hydrogen-bond donors (Lipinski definition) is 3.